The molecule has 0 aliphatic carbocycles. The molecule has 0 spiro atoms. The first-order chi connectivity index (χ1) is 11.0. The highest BCUT2D eigenvalue weighted by molar-refractivity contribution is 7.89. The van der Waals surface area contributed by atoms with E-state index in [1.54, 1.807) is 30.5 Å². The first kappa shape index (κ1) is 16.1. The molecule has 0 amide bonds. The summed E-state index contributed by atoms with van der Waals surface area (Å²) in [4.78, 5) is 0.242. The number of fused-ring (bicyclic) bond motifs is 1. The fourth-order valence-electron chi connectivity index (χ4n) is 2.91. The fraction of sp³-hybridized carbons (Fsp3) is 0.312. The van der Waals surface area contributed by atoms with Crippen LogP contribution in [0.3, 0.4) is 0 Å². The summed E-state index contributed by atoms with van der Waals surface area (Å²) in [5, 5.41) is 9.24. The lowest BCUT2D eigenvalue weighted by atomic mass is 10.1. The molecule has 2 aromatic rings. The zero-order chi connectivity index (χ0) is 16.6. The van der Waals surface area contributed by atoms with E-state index in [9.17, 15) is 8.42 Å². The van der Waals surface area contributed by atoms with E-state index in [2.05, 4.69) is 10.2 Å². The van der Waals surface area contributed by atoms with Crippen LogP contribution in [0.25, 0.3) is 11.8 Å². The van der Waals surface area contributed by atoms with Crippen LogP contribution < -0.4 is 10.6 Å². The molecule has 0 fully saturated rings. The van der Waals surface area contributed by atoms with Crippen LogP contribution in [0.1, 0.15) is 26.7 Å². The average Bonchev–Trinajstić information content (AvgIpc) is 3.01. The Morgan fingerprint density at radius 2 is 1.96 bits per heavy atom. The summed E-state index contributed by atoms with van der Waals surface area (Å²) in [6.07, 6.45) is 4.88. The van der Waals surface area contributed by atoms with Gasteiger partial charge < -0.3 is 0 Å². The maximum atomic E-state index is 13.2. The highest BCUT2D eigenvalue weighted by Gasteiger charge is 2.33. The Morgan fingerprint density at radius 3 is 2.57 bits per heavy atom. The number of nitrogens with zero attached hydrogens (tertiary/aromatic N) is 2. The van der Waals surface area contributed by atoms with Crippen LogP contribution in [0.4, 0.5) is 0 Å². The van der Waals surface area contributed by atoms with Crippen LogP contribution in [0, 0.1) is 0 Å². The van der Waals surface area contributed by atoms with E-state index in [4.69, 9.17) is 11.6 Å². The van der Waals surface area contributed by atoms with E-state index in [1.165, 1.54) is 4.31 Å². The lowest BCUT2D eigenvalue weighted by Crippen LogP contribution is -2.47. The van der Waals surface area contributed by atoms with Crippen molar-refractivity contribution in [2.75, 3.05) is 0 Å². The smallest absolute Gasteiger partial charge is 0.264 e. The van der Waals surface area contributed by atoms with Gasteiger partial charge in [-0.15, -0.1) is 0 Å². The van der Waals surface area contributed by atoms with Crippen molar-refractivity contribution in [2.45, 2.75) is 37.6 Å². The van der Waals surface area contributed by atoms with Crippen LogP contribution in [0.15, 0.2) is 35.4 Å². The predicted molar refractivity (Wildman–Crippen MR) is 90.6 cm³/mol. The first-order valence-electron chi connectivity index (χ1n) is 7.53. The van der Waals surface area contributed by atoms with Gasteiger partial charge in [-0.05, 0) is 43.2 Å². The number of benzene rings is 1. The van der Waals surface area contributed by atoms with Crippen LogP contribution >= 0.6 is 11.6 Å². The van der Waals surface area contributed by atoms with E-state index >= 15 is 0 Å². The number of aromatic nitrogens is 2. The van der Waals surface area contributed by atoms with Crippen LogP contribution in [0.5, 0.6) is 0 Å². The Morgan fingerprint density at radius 1 is 1.26 bits per heavy atom. The Labute approximate surface area is 140 Å². The summed E-state index contributed by atoms with van der Waals surface area (Å²) in [6.45, 7) is 3.93. The number of hydrogen-bond acceptors (Lipinski definition) is 3. The summed E-state index contributed by atoms with van der Waals surface area (Å²) in [7, 11) is -3.66. The molecule has 1 aromatic carbocycles. The second kappa shape index (κ2) is 6.02. The van der Waals surface area contributed by atoms with Gasteiger partial charge in [-0.2, -0.15) is 5.10 Å². The van der Waals surface area contributed by atoms with Crippen molar-refractivity contribution < 1.29 is 8.42 Å². The molecule has 1 aliphatic heterocycles. The van der Waals surface area contributed by atoms with Crippen LogP contribution in [0.2, 0.25) is 5.02 Å². The van der Waals surface area contributed by atoms with Gasteiger partial charge in [0.1, 0.15) is 0 Å². The monoisotopic (exact) mass is 351 g/mol. The van der Waals surface area contributed by atoms with Crippen molar-refractivity contribution in [1.29, 1.82) is 0 Å². The zero-order valence-electron chi connectivity index (χ0n) is 13.0. The number of H-pyrrole nitrogens is 1. The second-order valence-corrected chi connectivity index (χ2v) is 7.65. The molecule has 122 valence electrons. The summed E-state index contributed by atoms with van der Waals surface area (Å²) in [5.74, 6) is 0. The minimum absolute atomic E-state index is 0.237. The topological polar surface area (TPSA) is 66.1 Å². The quantitative estimate of drug-likeness (QED) is 0.914. The molecule has 1 unspecified atom stereocenters. The molecule has 2 heterocycles. The Kier molecular flexibility index (Phi) is 4.21. The van der Waals surface area contributed by atoms with E-state index in [1.807, 2.05) is 19.9 Å². The molecule has 0 bridgehead atoms. The fourth-order valence-corrected chi connectivity index (χ4v) is 4.82. The summed E-state index contributed by atoms with van der Waals surface area (Å²) >= 11 is 5.88. The molecule has 0 saturated carbocycles. The zero-order valence-corrected chi connectivity index (χ0v) is 14.5. The maximum absolute atomic E-state index is 13.2. The maximum Gasteiger partial charge on any atom is 0.264 e. The third-order valence-electron chi connectivity index (χ3n) is 4.03. The Bertz CT molecular complexity index is 932. The molecule has 0 saturated heterocycles. The average molecular weight is 352 g/mol. The molecule has 23 heavy (non-hydrogen) atoms. The van der Waals surface area contributed by atoms with E-state index in [0.29, 0.717) is 17.9 Å². The molecule has 5 nitrogen and oxygen atoms in total. The van der Waals surface area contributed by atoms with Gasteiger partial charge in [0, 0.05) is 15.9 Å². The largest absolute Gasteiger partial charge is 0.278 e. The van der Waals surface area contributed by atoms with E-state index in [-0.39, 0.29) is 10.9 Å². The van der Waals surface area contributed by atoms with Crippen molar-refractivity contribution in [3.8, 4) is 0 Å². The van der Waals surface area contributed by atoms with Gasteiger partial charge in [-0.25, -0.2) is 8.42 Å². The van der Waals surface area contributed by atoms with Crippen LogP contribution in [-0.4, -0.2) is 29.0 Å². The lowest BCUT2D eigenvalue weighted by Gasteiger charge is -2.33. The SMILES string of the molecule is CCC1=c2cn[nH]c2=CC(CC)N1S(=O)(=O)c1ccc(Cl)cc1. The molecular formula is C16H18ClN3O2S. The number of rotatable bonds is 4. The number of hydrogen-bond donors (Lipinski definition) is 1. The van der Waals surface area contributed by atoms with E-state index in [0.717, 1.165) is 16.3 Å². The molecule has 1 N–H and O–H groups in total. The van der Waals surface area contributed by atoms with Gasteiger partial charge in [-0.1, -0.05) is 25.4 Å². The Balaban J connectivity index is 2.22. The van der Waals surface area contributed by atoms with Gasteiger partial charge in [0.25, 0.3) is 10.0 Å². The van der Waals surface area contributed by atoms with Gasteiger partial charge in [-0.3, -0.25) is 9.40 Å². The minimum atomic E-state index is -3.66. The number of aromatic amines is 1. The van der Waals surface area contributed by atoms with Gasteiger partial charge >= 0.3 is 0 Å². The Hall–Kier alpha value is -1.79. The molecule has 7 heteroatoms. The minimum Gasteiger partial charge on any atom is -0.278 e. The molecular weight excluding hydrogens is 334 g/mol. The van der Waals surface area contributed by atoms with Crippen molar-refractivity contribution >= 4 is 33.4 Å². The predicted octanol–water partition coefficient (Wildman–Crippen LogP) is 1.84. The highest BCUT2D eigenvalue weighted by Crippen LogP contribution is 2.28. The summed E-state index contributed by atoms with van der Waals surface area (Å²) in [5.41, 5.74) is 0.762. The van der Waals surface area contributed by atoms with Crippen molar-refractivity contribution in [2.24, 2.45) is 0 Å². The van der Waals surface area contributed by atoms with Crippen LogP contribution in [-0.2, 0) is 10.0 Å². The highest BCUT2D eigenvalue weighted by atomic mass is 35.5. The molecule has 3 rings (SSSR count). The summed E-state index contributed by atoms with van der Waals surface area (Å²) in [6, 6.07) is 6.04. The van der Waals surface area contributed by atoms with Crippen molar-refractivity contribution in [1.82, 2.24) is 14.5 Å². The summed E-state index contributed by atoms with van der Waals surface area (Å²) < 4.78 is 27.9. The number of halogens is 1. The van der Waals surface area contributed by atoms with Gasteiger partial charge in [0.2, 0.25) is 0 Å². The third kappa shape index (κ3) is 2.66. The standard InChI is InChI=1S/C16H18ClN3O2S/c1-3-12-9-15-14(10-18-19-15)16(4-2)20(12)23(21,22)13-7-5-11(17)6-8-13/h5-10,12,19H,3-4H2,1-2H3. The molecule has 1 atom stereocenters. The normalized spacial score (nSPS) is 17.8. The van der Waals surface area contributed by atoms with E-state index < -0.39 is 10.0 Å². The third-order valence-corrected chi connectivity index (χ3v) is 6.16. The number of nitrogens with one attached hydrogen (secondary N) is 1. The number of sulfonamides is 1. The molecule has 1 aromatic heterocycles. The van der Waals surface area contributed by atoms with Gasteiger partial charge in [0.15, 0.2) is 0 Å². The second-order valence-electron chi connectivity index (χ2n) is 5.39. The first-order valence-corrected chi connectivity index (χ1v) is 9.35. The molecule has 0 radical (unpaired) electrons. The van der Waals surface area contributed by atoms with Crippen molar-refractivity contribution in [3.05, 3.63) is 46.1 Å². The molecule has 1 aliphatic rings. The van der Waals surface area contributed by atoms with Gasteiger partial charge in [0.05, 0.1) is 22.5 Å². The van der Waals surface area contributed by atoms with Crippen molar-refractivity contribution in [3.63, 3.8) is 0 Å². The lowest BCUT2D eigenvalue weighted by molar-refractivity contribution is 0.453.